The van der Waals surface area contributed by atoms with Crippen LogP contribution in [0.5, 0.6) is 0 Å². The highest BCUT2D eigenvalue weighted by Gasteiger charge is 2.33. The van der Waals surface area contributed by atoms with E-state index in [4.69, 9.17) is 23.2 Å². The Morgan fingerprint density at radius 3 is 2.25 bits per heavy atom. The molecular weight excluding hydrogens is 521 g/mol. The van der Waals surface area contributed by atoms with Gasteiger partial charge in [0.1, 0.15) is 12.6 Å². The maximum Gasteiger partial charge on any atom is 0.244 e. The second-order valence-corrected chi connectivity index (χ2v) is 11.9. The summed E-state index contributed by atoms with van der Waals surface area (Å²) in [5, 5.41) is 3.88. The lowest BCUT2D eigenvalue weighted by atomic mass is 9.95. The van der Waals surface area contributed by atoms with E-state index in [0.29, 0.717) is 11.4 Å². The van der Waals surface area contributed by atoms with E-state index in [2.05, 4.69) is 5.32 Å². The number of carbonyl (C=O) groups is 2. The highest BCUT2D eigenvalue weighted by atomic mass is 35.5. The van der Waals surface area contributed by atoms with Crippen LogP contribution in [0.3, 0.4) is 0 Å². The van der Waals surface area contributed by atoms with Gasteiger partial charge in [-0.2, -0.15) is 0 Å². The molecule has 0 aromatic heterocycles. The summed E-state index contributed by atoms with van der Waals surface area (Å²) in [5.41, 5.74) is 0.987. The quantitative estimate of drug-likeness (QED) is 0.447. The van der Waals surface area contributed by atoms with Crippen molar-refractivity contribution < 1.29 is 18.0 Å². The Morgan fingerprint density at radius 2 is 1.67 bits per heavy atom. The number of nitrogens with zero attached hydrogens (tertiary/aromatic N) is 2. The summed E-state index contributed by atoms with van der Waals surface area (Å²) in [6.45, 7) is 1.49. The Hall–Kier alpha value is -2.29. The van der Waals surface area contributed by atoms with Crippen molar-refractivity contribution in [2.45, 2.75) is 64.1 Å². The van der Waals surface area contributed by atoms with Gasteiger partial charge in [0.15, 0.2) is 0 Å². The van der Waals surface area contributed by atoms with Crippen LogP contribution >= 0.6 is 23.2 Å². The van der Waals surface area contributed by atoms with Gasteiger partial charge in [-0.25, -0.2) is 8.42 Å². The van der Waals surface area contributed by atoms with Gasteiger partial charge in [0.2, 0.25) is 21.8 Å². The molecule has 0 bridgehead atoms. The van der Waals surface area contributed by atoms with Crippen molar-refractivity contribution in [1.29, 1.82) is 0 Å². The van der Waals surface area contributed by atoms with Crippen molar-refractivity contribution in [1.82, 2.24) is 10.2 Å². The molecule has 0 radical (unpaired) electrons. The molecule has 2 aromatic carbocycles. The molecular formula is C26H33Cl2N3O4S. The number of sulfonamides is 1. The summed E-state index contributed by atoms with van der Waals surface area (Å²) in [4.78, 5) is 28.5. The van der Waals surface area contributed by atoms with Crippen LogP contribution in [0.1, 0.15) is 51.0 Å². The molecule has 0 heterocycles. The topological polar surface area (TPSA) is 86.8 Å². The number of amides is 2. The van der Waals surface area contributed by atoms with Gasteiger partial charge in [-0.05, 0) is 49.1 Å². The first-order valence-electron chi connectivity index (χ1n) is 12.2. The van der Waals surface area contributed by atoms with Gasteiger partial charge in [-0.1, -0.05) is 73.7 Å². The predicted octanol–water partition coefficient (Wildman–Crippen LogP) is 5.02. The van der Waals surface area contributed by atoms with Gasteiger partial charge in [0, 0.05) is 17.6 Å². The molecule has 10 heteroatoms. The molecule has 1 fully saturated rings. The molecule has 0 unspecified atom stereocenters. The van der Waals surface area contributed by atoms with E-state index in [1.54, 1.807) is 48.5 Å². The second kappa shape index (κ2) is 12.8. The van der Waals surface area contributed by atoms with E-state index in [0.717, 1.165) is 48.2 Å². The first-order chi connectivity index (χ1) is 17.1. The van der Waals surface area contributed by atoms with E-state index in [-0.39, 0.29) is 29.2 Å². The number of rotatable bonds is 10. The van der Waals surface area contributed by atoms with Gasteiger partial charge in [-0.3, -0.25) is 13.9 Å². The molecule has 1 atom stereocenters. The predicted molar refractivity (Wildman–Crippen MR) is 145 cm³/mol. The molecule has 2 amide bonds. The number of anilines is 1. The van der Waals surface area contributed by atoms with Crippen LogP contribution in [0.15, 0.2) is 48.5 Å². The third-order valence-electron chi connectivity index (χ3n) is 6.40. The molecule has 1 aliphatic carbocycles. The number of para-hydroxylation sites is 1. The fourth-order valence-electron chi connectivity index (χ4n) is 4.50. The number of hydrogen-bond acceptors (Lipinski definition) is 4. The molecule has 3 rings (SSSR count). The Labute approximate surface area is 223 Å². The van der Waals surface area contributed by atoms with E-state index >= 15 is 0 Å². The van der Waals surface area contributed by atoms with Crippen molar-refractivity contribution in [2.24, 2.45) is 0 Å². The van der Waals surface area contributed by atoms with E-state index < -0.39 is 28.5 Å². The fourth-order valence-corrected chi connectivity index (χ4v) is 5.77. The van der Waals surface area contributed by atoms with Gasteiger partial charge in [-0.15, -0.1) is 0 Å². The van der Waals surface area contributed by atoms with E-state index in [1.807, 2.05) is 6.92 Å². The summed E-state index contributed by atoms with van der Waals surface area (Å²) in [5.74, 6) is -0.726. The van der Waals surface area contributed by atoms with Gasteiger partial charge in [0.25, 0.3) is 0 Å². The monoisotopic (exact) mass is 553 g/mol. The largest absolute Gasteiger partial charge is 0.352 e. The zero-order valence-corrected chi connectivity index (χ0v) is 23.0. The van der Waals surface area contributed by atoms with Crippen molar-refractivity contribution in [3.05, 3.63) is 64.1 Å². The summed E-state index contributed by atoms with van der Waals surface area (Å²) in [7, 11) is -3.84. The molecule has 1 saturated carbocycles. The molecule has 2 aromatic rings. The molecule has 36 heavy (non-hydrogen) atoms. The van der Waals surface area contributed by atoms with E-state index in [9.17, 15) is 18.0 Å². The third kappa shape index (κ3) is 7.60. The third-order valence-corrected chi connectivity index (χ3v) is 8.10. The average Bonchev–Trinajstić information content (AvgIpc) is 2.84. The van der Waals surface area contributed by atoms with Crippen LogP contribution in [0.25, 0.3) is 0 Å². The zero-order chi connectivity index (χ0) is 26.3. The highest BCUT2D eigenvalue weighted by Crippen LogP contribution is 2.28. The molecule has 7 nitrogen and oxygen atoms in total. The number of hydrogen-bond donors (Lipinski definition) is 1. The van der Waals surface area contributed by atoms with Crippen molar-refractivity contribution >= 4 is 50.7 Å². The SMILES string of the molecule is CC[C@H](C(=O)NC1CCCCC1)N(Cc1ccc(Cl)cc1)C(=O)CN(c1ccccc1Cl)S(C)(=O)=O. The van der Waals surface area contributed by atoms with Crippen LogP contribution in [-0.2, 0) is 26.2 Å². The normalized spacial score (nSPS) is 15.2. The van der Waals surface area contributed by atoms with Crippen LogP contribution in [0.2, 0.25) is 10.0 Å². The highest BCUT2D eigenvalue weighted by molar-refractivity contribution is 7.92. The Bertz CT molecular complexity index is 1150. The van der Waals surface area contributed by atoms with Gasteiger partial charge in [0.05, 0.1) is 17.0 Å². The summed E-state index contributed by atoms with van der Waals surface area (Å²) in [6.07, 6.45) is 6.53. The van der Waals surface area contributed by atoms with Crippen LogP contribution < -0.4 is 9.62 Å². The summed E-state index contributed by atoms with van der Waals surface area (Å²) < 4.78 is 26.3. The van der Waals surface area contributed by atoms with Crippen LogP contribution in [-0.4, -0.2) is 50.0 Å². The number of nitrogens with one attached hydrogen (secondary N) is 1. The lowest BCUT2D eigenvalue weighted by Gasteiger charge is -2.34. The first kappa shape index (κ1) is 28.3. The minimum absolute atomic E-state index is 0.0865. The van der Waals surface area contributed by atoms with Crippen molar-refractivity contribution in [3.63, 3.8) is 0 Å². The lowest BCUT2D eigenvalue weighted by molar-refractivity contribution is -0.140. The number of halogens is 2. The molecule has 0 aliphatic heterocycles. The standard InChI is InChI=1S/C26H33Cl2N3O4S/c1-3-23(26(33)29-21-9-5-4-6-10-21)30(17-19-13-15-20(27)16-14-19)25(32)18-31(36(2,34)35)24-12-8-7-11-22(24)28/h7-8,11-16,21,23H,3-6,9-10,17-18H2,1-2H3,(H,29,33)/t23-/m1/s1. The second-order valence-electron chi connectivity index (χ2n) is 9.14. The van der Waals surface area contributed by atoms with Crippen molar-refractivity contribution in [2.75, 3.05) is 17.1 Å². The molecule has 0 spiro atoms. The average molecular weight is 555 g/mol. The minimum Gasteiger partial charge on any atom is -0.352 e. The number of benzene rings is 2. The number of carbonyl (C=O) groups excluding carboxylic acids is 2. The Kier molecular flexibility index (Phi) is 10.0. The van der Waals surface area contributed by atoms with E-state index in [1.165, 1.54) is 4.90 Å². The lowest BCUT2D eigenvalue weighted by Crippen LogP contribution is -2.54. The van der Waals surface area contributed by atoms with Gasteiger partial charge >= 0.3 is 0 Å². The fraction of sp³-hybridized carbons (Fsp3) is 0.462. The molecule has 0 saturated heterocycles. The summed E-state index contributed by atoms with van der Waals surface area (Å²) in [6, 6.07) is 12.8. The minimum atomic E-state index is -3.84. The van der Waals surface area contributed by atoms with Crippen molar-refractivity contribution in [3.8, 4) is 0 Å². The van der Waals surface area contributed by atoms with Crippen LogP contribution in [0.4, 0.5) is 5.69 Å². The first-order valence-corrected chi connectivity index (χ1v) is 14.8. The zero-order valence-electron chi connectivity index (χ0n) is 20.6. The summed E-state index contributed by atoms with van der Waals surface area (Å²) >= 11 is 12.3. The maximum atomic E-state index is 13.7. The van der Waals surface area contributed by atoms with Gasteiger partial charge < -0.3 is 10.2 Å². The molecule has 1 N–H and O–H groups in total. The van der Waals surface area contributed by atoms with Crippen LogP contribution in [0, 0.1) is 0 Å². The Balaban J connectivity index is 1.91. The molecule has 1 aliphatic rings. The smallest absolute Gasteiger partial charge is 0.244 e. The maximum absolute atomic E-state index is 13.7. The Morgan fingerprint density at radius 1 is 1.03 bits per heavy atom. The molecule has 196 valence electrons.